The molecule has 0 fully saturated rings. The van der Waals surface area contributed by atoms with Crippen molar-refractivity contribution >= 4 is 6.03 Å². The summed E-state index contributed by atoms with van der Waals surface area (Å²) in [5.74, 6) is 0. The Balaban J connectivity index is 3.49. The lowest BCUT2D eigenvalue weighted by molar-refractivity contribution is 0.204. The average Bonchev–Trinajstić information content (AvgIpc) is 2.57. The van der Waals surface area contributed by atoms with Crippen molar-refractivity contribution in [2.75, 3.05) is 13.1 Å². The van der Waals surface area contributed by atoms with E-state index in [-0.39, 0.29) is 6.03 Å². The van der Waals surface area contributed by atoms with Gasteiger partial charge in [0, 0.05) is 13.1 Å². The van der Waals surface area contributed by atoms with Crippen LogP contribution in [0.3, 0.4) is 0 Å². The normalized spacial score (nSPS) is 10.9. The van der Waals surface area contributed by atoms with Crippen LogP contribution in [0.2, 0.25) is 0 Å². The van der Waals surface area contributed by atoms with Crippen molar-refractivity contribution in [1.29, 1.82) is 0 Å². The van der Waals surface area contributed by atoms with E-state index in [9.17, 15) is 4.79 Å². The number of carbonyl (C=O) groups excluding carboxylic acids is 1. The maximum Gasteiger partial charge on any atom is 0.314 e. The van der Waals surface area contributed by atoms with E-state index in [1.807, 2.05) is 4.90 Å². The van der Waals surface area contributed by atoms with Crippen molar-refractivity contribution in [2.45, 2.75) is 117 Å². The van der Waals surface area contributed by atoms with Crippen molar-refractivity contribution in [2.24, 2.45) is 5.73 Å². The molecule has 3 nitrogen and oxygen atoms in total. The zero-order valence-corrected chi connectivity index (χ0v) is 16.7. The molecule has 0 atom stereocenters. The quantitative estimate of drug-likeness (QED) is 0.279. The molecule has 0 aliphatic carbocycles. The van der Waals surface area contributed by atoms with Gasteiger partial charge in [-0.05, 0) is 12.8 Å². The first-order valence-corrected chi connectivity index (χ1v) is 10.8. The van der Waals surface area contributed by atoms with Crippen LogP contribution < -0.4 is 5.73 Å². The van der Waals surface area contributed by atoms with E-state index >= 15 is 0 Å². The second-order valence-electron chi connectivity index (χ2n) is 7.28. The number of urea groups is 1. The summed E-state index contributed by atoms with van der Waals surface area (Å²) >= 11 is 0. The molecule has 0 heterocycles. The second kappa shape index (κ2) is 18.6. The van der Waals surface area contributed by atoms with Crippen LogP contribution in [-0.4, -0.2) is 24.0 Å². The summed E-state index contributed by atoms with van der Waals surface area (Å²) in [6.45, 7) is 6.21. The van der Waals surface area contributed by atoms with Crippen LogP contribution in [0.15, 0.2) is 0 Å². The number of hydrogen-bond donors (Lipinski definition) is 1. The second-order valence-corrected chi connectivity index (χ2v) is 7.28. The molecule has 3 heteroatoms. The van der Waals surface area contributed by atoms with E-state index in [1.165, 1.54) is 89.9 Å². The van der Waals surface area contributed by atoms with Gasteiger partial charge in [-0.1, -0.05) is 104 Å². The minimum absolute atomic E-state index is 0.235. The molecular formula is C21H44N2O. The minimum Gasteiger partial charge on any atom is -0.351 e. The van der Waals surface area contributed by atoms with E-state index in [4.69, 9.17) is 5.73 Å². The molecule has 144 valence electrons. The SMILES string of the molecule is CCCCCCCCCCN(CCCCCCCCCC)C(N)=O. The predicted octanol–water partition coefficient (Wildman–Crippen LogP) is 6.65. The highest BCUT2D eigenvalue weighted by Gasteiger charge is 2.08. The summed E-state index contributed by atoms with van der Waals surface area (Å²) in [5, 5.41) is 0. The molecule has 0 spiro atoms. The van der Waals surface area contributed by atoms with Crippen LogP contribution in [-0.2, 0) is 0 Å². The van der Waals surface area contributed by atoms with Gasteiger partial charge in [-0.25, -0.2) is 4.79 Å². The van der Waals surface area contributed by atoms with Gasteiger partial charge in [0.25, 0.3) is 0 Å². The summed E-state index contributed by atoms with van der Waals surface area (Å²) in [6, 6.07) is -0.235. The average molecular weight is 341 g/mol. The summed E-state index contributed by atoms with van der Waals surface area (Å²) in [4.78, 5) is 13.4. The zero-order valence-electron chi connectivity index (χ0n) is 16.7. The standard InChI is InChI=1S/C21H44N2O/c1-3-5-7-9-11-13-15-17-19-23(21(22)24)20-18-16-14-12-10-8-6-4-2/h3-20H2,1-2H3,(H2,22,24). The number of nitrogens with two attached hydrogens (primary N) is 1. The Morgan fingerprint density at radius 3 is 1.17 bits per heavy atom. The van der Waals surface area contributed by atoms with Gasteiger partial charge in [0.1, 0.15) is 0 Å². The van der Waals surface area contributed by atoms with Crippen molar-refractivity contribution in [1.82, 2.24) is 4.90 Å². The first-order chi connectivity index (χ1) is 11.7. The number of rotatable bonds is 18. The Bertz CT molecular complexity index is 249. The summed E-state index contributed by atoms with van der Waals surface area (Å²) in [7, 11) is 0. The lowest BCUT2D eigenvalue weighted by Crippen LogP contribution is -2.37. The molecule has 0 aliphatic rings. The summed E-state index contributed by atoms with van der Waals surface area (Å²) in [6.07, 6.45) is 20.8. The first kappa shape index (κ1) is 23.3. The predicted molar refractivity (Wildman–Crippen MR) is 106 cm³/mol. The van der Waals surface area contributed by atoms with E-state index in [2.05, 4.69) is 13.8 Å². The molecule has 0 saturated heterocycles. The molecule has 0 aromatic rings. The van der Waals surface area contributed by atoms with Crippen molar-refractivity contribution in [3.63, 3.8) is 0 Å². The van der Waals surface area contributed by atoms with Gasteiger partial charge >= 0.3 is 6.03 Å². The number of nitrogens with zero attached hydrogens (tertiary/aromatic N) is 1. The highest BCUT2D eigenvalue weighted by molar-refractivity contribution is 5.71. The van der Waals surface area contributed by atoms with Gasteiger partial charge in [-0.15, -0.1) is 0 Å². The van der Waals surface area contributed by atoms with Crippen LogP contribution in [0.25, 0.3) is 0 Å². The third-order valence-electron chi connectivity index (χ3n) is 4.87. The third kappa shape index (κ3) is 16.1. The zero-order chi connectivity index (χ0) is 17.9. The highest BCUT2D eigenvalue weighted by atomic mass is 16.2. The number of hydrogen-bond acceptors (Lipinski definition) is 1. The molecule has 2 N–H and O–H groups in total. The van der Waals surface area contributed by atoms with Gasteiger partial charge in [0.2, 0.25) is 0 Å². The topological polar surface area (TPSA) is 46.3 Å². The smallest absolute Gasteiger partial charge is 0.314 e. The fraction of sp³-hybridized carbons (Fsp3) is 0.952. The molecule has 0 rings (SSSR count). The van der Waals surface area contributed by atoms with Gasteiger partial charge in [0.05, 0.1) is 0 Å². The van der Waals surface area contributed by atoms with Gasteiger partial charge in [-0.2, -0.15) is 0 Å². The largest absolute Gasteiger partial charge is 0.351 e. The van der Waals surface area contributed by atoms with Gasteiger partial charge in [0.15, 0.2) is 0 Å². The fourth-order valence-electron chi connectivity index (χ4n) is 3.21. The maximum absolute atomic E-state index is 11.5. The molecule has 0 saturated carbocycles. The number of amides is 2. The summed E-state index contributed by atoms with van der Waals surface area (Å²) < 4.78 is 0. The lowest BCUT2D eigenvalue weighted by Gasteiger charge is -2.20. The Morgan fingerprint density at radius 2 is 0.875 bits per heavy atom. The Labute approximate surface area is 151 Å². The molecule has 24 heavy (non-hydrogen) atoms. The van der Waals surface area contributed by atoms with Crippen LogP contribution in [0.5, 0.6) is 0 Å². The molecule has 0 radical (unpaired) electrons. The Morgan fingerprint density at radius 1 is 0.583 bits per heavy atom. The van der Waals surface area contributed by atoms with Crippen LogP contribution in [0.4, 0.5) is 4.79 Å². The lowest BCUT2D eigenvalue weighted by atomic mass is 10.1. The highest BCUT2D eigenvalue weighted by Crippen LogP contribution is 2.11. The van der Waals surface area contributed by atoms with Crippen LogP contribution in [0, 0.1) is 0 Å². The summed E-state index contributed by atoms with van der Waals surface area (Å²) in [5.41, 5.74) is 5.52. The first-order valence-electron chi connectivity index (χ1n) is 10.8. The molecular weight excluding hydrogens is 296 g/mol. The van der Waals surface area contributed by atoms with E-state index in [0.717, 1.165) is 25.9 Å². The Hall–Kier alpha value is -0.730. The molecule has 0 unspecified atom stereocenters. The number of carbonyl (C=O) groups is 1. The maximum atomic E-state index is 11.5. The minimum atomic E-state index is -0.235. The number of unbranched alkanes of at least 4 members (excludes halogenated alkanes) is 14. The Kier molecular flexibility index (Phi) is 18.0. The van der Waals surface area contributed by atoms with E-state index in [1.54, 1.807) is 0 Å². The van der Waals surface area contributed by atoms with Crippen molar-refractivity contribution < 1.29 is 4.79 Å². The van der Waals surface area contributed by atoms with Gasteiger partial charge in [-0.3, -0.25) is 0 Å². The van der Waals surface area contributed by atoms with Gasteiger partial charge < -0.3 is 10.6 Å². The molecule has 0 bridgehead atoms. The van der Waals surface area contributed by atoms with E-state index < -0.39 is 0 Å². The molecule has 0 aromatic carbocycles. The van der Waals surface area contributed by atoms with Crippen molar-refractivity contribution in [3.05, 3.63) is 0 Å². The third-order valence-corrected chi connectivity index (χ3v) is 4.87. The molecule has 0 aromatic heterocycles. The van der Waals surface area contributed by atoms with Crippen molar-refractivity contribution in [3.8, 4) is 0 Å². The monoisotopic (exact) mass is 340 g/mol. The molecule has 2 amide bonds. The number of primary amides is 1. The fourth-order valence-corrected chi connectivity index (χ4v) is 3.21. The van der Waals surface area contributed by atoms with Crippen LogP contribution >= 0.6 is 0 Å². The van der Waals surface area contributed by atoms with Crippen LogP contribution in [0.1, 0.15) is 117 Å². The molecule has 0 aliphatic heterocycles. The van der Waals surface area contributed by atoms with E-state index in [0.29, 0.717) is 0 Å².